The Balaban J connectivity index is 1.80. The van der Waals surface area contributed by atoms with Crippen LogP contribution in [0.3, 0.4) is 0 Å². The highest BCUT2D eigenvalue weighted by Crippen LogP contribution is 2.48. The monoisotopic (exact) mass is 344 g/mol. The van der Waals surface area contributed by atoms with E-state index in [1.54, 1.807) is 0 Å². The van der Waals surface area contributed by atoms with Gasteiger partial charge in [-0.25, -0.2) is 8.78 Å². The van der Waals surface area contributed by atoms with Crippen molar-refractivity contribution in [3.05, 3.63) is 28.2 Å². The van der Waals surface area contributed by atoms with E-state index in [-0.39, 0.29) is 33.9 Å². The lowest BCUT2D eigenvalue weighted by Crippen LogP contribution is -2.42. The van der Waals surface area contributed by atoms with Crippen molar-refractivity contribution >= 4 is 27.5 Å². The second-order valence-corrected chi connectivity index (χ2v) is 6.52. The Morgan fingerprint density at radius 2 is 2.00 bits per heavy atom. The van der Waals surface area contributed by atoms with Gasteiger partial charge in [-0.1, -0.05) is 0 Å². The first kappa shape index (κ1) is 13.9. The molecule has 0 aliphatic heterocycles. The number of anilines is 1. The Morgan fingerprint density at radius 3 is 2.60 bits per heavy atom. The minimum absolute atomic E-state index is 0.0219. The molecule has 0 spiro atoms. The number of nitrogens with one attached hydrogen (secondary N) is 1. The molecular weight excluding hydrogens is 330 g/mol. The highest BCUT2D eigenvalue weighted by molar-refractivity contribution is 9.10. The molecule has 20 heavy (non-hydrogen) atoms. The zero-order chi connectivity index (χ0) is 14.4. The standard InChI is InChI=1S/C14H15BrF2N2O/c15-9-4-8(16)5-10(17)13(9)19-14(20)11-6-1-2-7(3-6)12(11)18/h4-7,11-12H,1-3,18H2,(H,19,20). The van der Waals surface area contributed by atoms with Crippen LogP contribution in [0.25, 0.3) is 0 Å². The molecule has 2 aliphatic carbocycles. The van der Waals surface area contributed by atoms with Gasteiger partial charge in [0.05, 0.1) is 11.6 Å². The summed E-state index contributed by atoms with van der Waals surface area (Å²) in [5.41, 5.74) is 6.07. The Morgan fingerprint density at radius 1 is 1.30 bits per heavy atom. The van der Waals surface area contributed by atoms with Crippen LogP contribution in [0.5, 0.6) is 0 Å². The van der Waals surface area contributed by atoms with Gasteiger partial charge >= 0.3 is 0 Å². The lowest BCUT2D eigenvalue weighted by Gasteiger charge is -2.27. The van der Waals surface area contributed by atoms with Crippen molar-refractivity contribution in [3.8, 4) is 0 Å². The molecule has 0 saturated heterocycles. The highest BCUT2D eigenvalue weighted by atomic mass is 79.9. The highest BCUT2D eigenvalue weighted by Gasteiger charge is 2.49. The summed E-state index contributed by atoms with van der Waals surface area (Å²) in [4.78, 5) is 12.3. The van der Waals surface area contributed by atoms with Gasteiger partial charge in [0.2, 0.25) is 5.91 Å². The van der Waals surface area contributed by atoms with Gasteiger partial charge in [0.1, 0.15) is 5.82 Å². The molecule has 3 rings (SSSR count). The summed E-state index contributed by atoms with van der Waals surface area (Å²) in [5.74, 6) is -1.33. The third-order valence-electron chi connectivity index (χ3n) is 4.54. The van der Waals surface area contributed by atoms with Gasteiger partial charge in [-0.15, -0.1) is 0 Å². The lowest BCUT2D eigenvalue weighted by atomic mass is 9.84. The predicted molar refractivity (Wildman–Crippen MR) is 75.0 cm³/mol. The fraction of sp³-hybridized carbons (Fsp3) is 0.500. The molecular formula is C14H15BrF2N2O. The van der Waals surface area contributed by atoms with Crippen LogP contribution in [0, 0.1) is 29.4 Å². The van der Waals surface area contributed by atoms with E-state index in [0.29, 0.717) is 5.92 Å². The molecule has 2 aliphatic rings. The predicted octanol–water partition coefficient (Wildman–Crippen LogP) is 3.04. The molecule has 3 nitrogen and oxygen atoms in total. The smallest absolute Gasteiger partial charge is 0.229 e. The molecule has 3 N–H and O–H groups in total. The molecule has 4 unspecified atom stereocenters. The third kappa shape index (κ3) is 2.24. The topological polar surface area (TPSA) is 55.1 Å². The summed E-state index contributed by atoms with van der Waals surface area (Å²) in [6, 6.07) is 1.72. The minimum atomic E-state index is -0.790. The third-order valence-corrected chi connectivity index (χ3v) is 5.16. The number of amides is 1. The number of hydrogen-bond acceptors (Lipinski definition) is 2. The van der Waals surface area contributed by atoms with E-state index in [9.17, 15) is 13.6 Å². The largest absolute Gasteiger partial charge is 0.327 e. The molecule has 108 valence electrons. The quantitative estimate of drug-likeness (QED) is 0.866. The van der Waals surface area contributed by atoms with Crippen molar-refractivity contribution in [2.75, 3.05) is 5.32 Å². The van der Waals surface area contributed by atoms with Crippen LogP contribution >= 0.6 is 15.9 Å². The molecule has 2 fully saturated rings. The Hall–Kier alpha value is -1.01. The molecule has 0 radical (unpaired) electrons. The van der Waals surface area contributed by atoms with Gasteiger partial charge in [-0.05, 0) is 53.1 Å². The second-order valence-electron chi connectivity index (χ2n) is 5.67. The zero-order valence-corrected chi connectivity index (χ0v) is 12.3. The number of benzene rings is 1. The molecule has 0 heterocycles. The molecule has 4 atom stereocenters. The Labute approximate surface area is 124 Å². The summed E-state index contributed by atoms with van der Waals surface area (Å²) in [7, 11) is 0. The maximum absolute atomic E-state index is 13.7. The van der Waals surface area contributed by atoms with Gasteiger partial charge in [0, 0.05) is 16.6 Å². The number of carbonyl (C=O) groups is 1. The molecule has 1 aromatic carbocycles. The van der Waals surface area contributed by atoms with Crippen molar-refractivity contribution < 1.29 is 13.6 Å². The number of halogens is 3. The normalized spacial score (nSPS) is 31.6. The van der Waals surface area contributed by atoms with E-state index in [0.717, 1.165) is 31.4 Å². The SMILES string of the molecule is NC1C2CCC(C2)C1C(=O)Nc1c(F)cc(F)cc1Br. The van der Waals surface area contributed by atoms with Gasteiger partial charge in [0.15, 0.2) is 5.82 Å². The van der Waals surface area contributed by atoms with Crippen LogP contribution in [0.2, 0.25) is 0 Å². The molecule has 6 heteroatoms. The van der Waals surface area contributed by atoms with E-state index < -0.39 is 11.6 Å². The molecule has 1 amide bonds. The van der Waals surface area contributed by atoms with E-state index in [2.05, 4.69) is 21.2 Å². The zero-order valence-electron chi connectivity index (χ0n) is 10.7. The molecule has 0 aromatic heterocycles. The first-order chi connectivity index (χ1) is 9.47. The van der Waals surface area contributed by atoms with Crippen molar-refractivity contribution in [1.29, 1.82) is 0 Å². The van der Waals surface area contributed by atoms with Crippen molar-refractivity contribution in [2.24, 2.45) is 23.5 Å². The fourth-order valence-electron chi connectivity index (χ4n) is 3.59. The van der Waals surface area contributed by atoms with Crippen LogP contribution in [0.4, 0.5) is 14.5 Å². The van der Waals surface area contributed by atoms with Crippen LogP contribution in [0.15, 0.2) is 16.6 Å². The average Bonchev–Trinajstić information content (AvgIpc) is 2.94. The summed E-state index contributed by atoms with van der Waals surface area (Å²) in [5, 5.41) is 2.56. The number of rotatable bonds is 2. The van der Waals surface area contributed by atoms with E-state index in [1.807, 2.05) is 0 Å². The van der Waals surface area contributed by atoms with Crippen molar-refractivity contribution in [1.82, 2.24) is 0 Å². The van der Waals surface area contributed by atoms with E-state index >= 15 is 0 Å². The van der Waals surface area contributed by atoms with E-state index in [4.69, 9.17) is 5.73 Å². The summed E-state index contributed by atoms with van der Waals surface area (Å²) in [6.45, 7) is 0. The number of fused-ring (bicyclic) bond motifs is 2. The Bertz CT molecular complexity index is 541. The first-order valence-electron chi connectivity index (χ1n) is 6.68. The number of nitrogens with two attached hydrogens (primary N) is 1. The van der Waals surface area contributed by atoms with Crippen molar-refractivity contribution in [3.63, 3.8) is 0 Å². The molecule has 2 bridgehead atoms. The summed E-state index contributed by atoms with van der Waals surface area (Å²) in [6.07, 6.45) is 3.06. The van der Waals surface area contributed by atoms with Gasteiger partial charge in [-0.2, -0.15) is 0 Å². The maximum Gasteiger partial charge on any atom is 0.229 e. The maximum atomic E-state index is 13.7. The van der Waals surface area contributed by atoms with Gasteiger partial charge in [0.25, 0.3) is 0 Å². The van der Waals surface area contributed by atoms with Crippen LogP contribution in [-0.4, -0.2) is 11.9 Å². The fourth-order valence-corrected chi connectivity index (χ4v) is 4.10. The summed E-state index contributed by atoms with van der Waals surface area (Å²) >= 11 is 3.07. The van der Waals surface area contributed by atoms with Gasteiger partial charge in [-0.3, -0.25) is 4.79 Å². The second kappa shape index (κ2) is 5.07. The van der Waals surface area contributed by atoms with Crippen LogP contribution < -0.4 is 11.1 Å². The summed E-state index contributed by atoms with van der Waals surface area (Å²) < 4.78 is 27.0. The first-order valence-corrected chi connectivity index (χ1v) is 7.47. The van der Waals surface area contributed by atoms with Crippen LogP contribution in [-0.2, 0) is 4.79 Å². The molecule has 1 aromatic rings. The van der Waals surface area contributed by atoms with Crippen molar-refractivity contribution in [2.45, 2.75) is 25.3 Å². The minimum Gasteiger partial charge on any atom is -0.327 e. The lowest BCUT2D eigenvalue weighted by molar-refractivity contribution is -0.121. The Kier molecular flexibility index (Phi) is 3.54. The molecule has 2 saturated carbocycles. The number of carbonyl (C=O) groups excluding carboxylic acids is 1. The van der Waals surface area contributed by atoms with Crippen LogP contribution in [0.1, 0.15) is 19.3 Å². The van der Waals surface area contributed by atoms with Gasteiger partial charge < -0.3 is 11.1 Å². The van der Waals surface area contributed by atoms with E-state index in [1.165, 1.54) is 0 Å². The number of hydrogen-bond donors (Lipinski definition) is 2. The average molecular weight is 345 g/mol.